The van der Waals surface area contributed by atoms with Gasteiger partial charge in [0, 0.05) is 22.3 Å². The minimum Gasteiger partial charge on any atom is -0.385 e. The van der Waals surface area contributed by atoms with Gasteiger partial charge in [-0.1, -0.05) is 0 Å². The Morgan fingerprint density at radius 1 is 1.50 bits per heavy atom. The third-order valence-corrected chi connectivity index (χ3v) is 3.17. The van der Waals surface area contributed by atoms with Gasteiger partial charge < -0.3 is 5.32 Å². The summed E-state index contributed by atoms with van der Waals surface area (Å²) in [6.07, 6.45) is 2.21. The zero-order valence-electron chi connectivity index (χ0n) is 8.06. The van der Waals surface area contributed by atoms with Crippen molar-refractivity contribution in [2.45, 2.75) is 19.8 Å². The second-order valence-corrected chi connectivity index (χ2v) is 4.43. The summed E-state index contributed by atoms with van der Waals surface area (Å²) < 4.78 is 0.887. The van der Waals surface area contributed by atoms with Gasteiger partial charge in [-0.3, -0.25) is 4.79 Å². The highest BCUT2D eigenvalue weighted by Gasteiger charge is 2.13. The van der Waals surface area contributed by atoms with Gasteiger partial charge in [0.2, 0.25) is 0 Å². The molecule has 14 heavy (non-hydrogen) atoms. The molecule has 0 spiro atoms. The lowest BCUT2D eigenvalue weighted by atomic mass is 9.99. The first-order valence-electron chi connectivity index (χ1n) is 4.75. The molecule has 0 amide bonds. The van der Waals surface area contributed by atoms with Crippen LogP contribution >= 0.6 is 15.9 Å². The van der Waals surface area contributed by atoms with E-state index in [1.54, 1.807) is 6.92 Å². The zero-order chi connectivity index (χ0) is 10.1. The lowest BCUT2D eigenvalue weighted by Gasteiger charge is -2.19. The molecule has 1 N–H and O–H groups in total. The maximum atomic E-state index is 11.3. The van der Waals surface area contributed by atoms with Crippen molar-refractivity contribution in [2.75, 3.05) is 11.9 Å². The SMILES string of the molecule is CC(=O)c1cc2c(cc1Br)NCCC2. The van der Waals surface area contributed by atoms with Crippen LogP contribution in [0.4, 0.5) is 5.69 Å². The van der Waals surface area contributed by atoms with Gasteiger partial charge >= 0.3 is 0 Å². The van der Waals surface area contributed by atoms with Crippen LogP contribution in [0, 0.1) is 0 Å². The van der Waals surface area contributed by atoms with Crippen LogP contribution in [0.1, 0.15) is 29.3 Å². The van der Waals surface area contributed by atoms with Gasteiger partial charge in [-0.25, -0.2) is 0 Å². The maximum absolute atomic E-state index is 11.3. The van der Waals surface area contributed by atoms with E-state index in [1.165, 1.54) is 5.56 Å². The lowest BCUT2D eigenvalue weighted by Crippen LogP contribution is -2.12. The van der Waals surface area contributed by atoms with Crippen LogP contribution in [0.25, 0.3) is 0 Å². The van der Waals surface area contributed by atoms with Crippen molar-refractivity contribution in [1.29, 1.82) is 0 Å². The average molecular weight is 254 g/mol. The molecule has 0 fully saturated rings. The van der Waals surface area contributed by atoms with Gasteiger partial charge in [0.05, 0.1) is 0 Å². The first kappa shape index (κ1) is 9.71. The number of carbonyl (C=O) groups excluding carboxylic acids is 1. The summed E-state index contributed by atoms with van der Waals surface area (Å²) in [7, 11) is 0. The predicted molar refractivity (Wildman–Crippen MR) is 61.0 cm³/mol. The van der Waals surface area contributed by atoms with E-state index in [0.717, 1.165) is 35.1 Å². The Kier molecular flexibility index (Phi) is 2.59. The van der Waals surface area contributed by atoms with Gasteiger partial charge in [-0.05, 0) is 53.4 Å². The van der Waals surface area contributed by atoms with Crippen LogP contribution in [-0.4, -0.2) is 12.3 Å². The van der Waals surface area contributed by atoms with Crippen molar-refractivity contribution in [1.82, 2.24) is 0 Å². The van der Waals surface area contributed by atoms with Crippen LogP contribution in [0.3, 0.4) is 0 Å². The van der Waals surface area contributed by atoms with E-state index in [0.29, 0.717) is 0 Å². The van der Waals surface area contributed by atoms with Crippen molar-refractivity contribution in [2.24, 2.45) is 0 Å². The summed E-state index contributed by atoms with van der Waals surface area (Å²) in [5, 5.41) is 3.33. The van der Waals surface area contributed by atoms with E-state index < -0.39 is 0 Å². The van der Waals surface area contributed by atoms with E-state index in [-0.39, 0.29) is 5.78 Å². The Morgan fingerprint density at radius 2 is 2.29 bits per heavy atom. The number of anilines is 1. The number of aryl methyl sites for hydroxylation is 1. The molecule has 0 radical (unpaired) electrons. The van der Waals surface area contributed by atoms with Gasteiger partial charge in [-0.15, -0.1) is 0 Å². The van der Waals surface area contributed by atoms with Crippen molar-refractivity contribution >= 4 is 27.4 Å². The molecule has 2 nitrogen and oxygen atoms in total. The molecule has 3 heteroatoms. The molecule has 0 aliphatic carbocycles. The molecule has 0 atom stereocenters. The molecule has 0 bridgehead atoms. The quantitative estimate of drug-likeness (QED) is 0.780. The summed E-state index contributed by atoms with van der Waals surface area (Å²) in [6, 6.07) is 4.00. The molecule has 0 saturated carbocycles. The van der Waals surface area contributed by atoms with Crippen LogP contribution in [-0.2, 0) is 6.42 Å². The predicted octanol–water partition coefficient (Wildman–Crippen LogP) is 3.01. The molecule has 1 aliphatic rings. The third-order valence-electron chi connectivity index (χ3n) is 2.51. The van der Waals surface area contributed by atoms with E-state index in [2.05, 4.69) is 21.2 Å². The number of hydrogen-bond acceptors (Lipinski definition) is 2. The van der Waals surface area contributed by atoms with Crippen molar-refractivity contribution in [3.8, 4) is 0 Å². The highest BCUT2D eigenvalue weighted by molar-refractivity contribution is 9.10. The van der Waals surface area contributed by atoms with E-state index >= 15 is 0 Å². The Labute approximate surface area is 91.8 Å². The maximum Gasteiger partial charge on any atom is 0.160 e. The van der Waals surface area contributed by atoms with Gasteiger partial charge in [-0.2, -0.15) is 0 Å². The van der Waals surface area contributed by atoms with Crippen molar-refractivity contribution < 1.29 is 4.79 Å². The Morgan fingerprint density at radius 3 is 3.00 bits per heavy atom. The average Bonchev–Trinajstić information content (AvgIpc) is 2.16. The van der Waals surface area contributed by atoms with E-state index in [4.69, 9.17) is 0 Å². The summed E-state index contributed by atoms with van der Waals surface area (Å²) in [6.45, 7) is 2.63. The normalized spacial score (nSPS) is 14.4. The summed E-state index contributed by atoms with van der Waals surface area (Å²) in [4.78, 5) is 11.3. The molecule has 0 saturated heterocycles. The van der Waals surface area contributed by atoms with Crippen LogP contribution < -0.4 is 5.32 Å². The molecule has 74 valence electrons. The summed E-state index contributed by atoms with van der Waals surface area (Å²) in [5.74, 6) is 0.116. The molecule has 1 aromatic rings. The zero-order valence-corrected chi connectivity index (χ0v) is 9.65. The number of halogens is 1. The number of ketones is 1. The molecular formula is C11H12BrNO. The fraction of sp³-hybridized carbons (Fsp3) is 0.364. The fourth-order valence-electron chi connectivity index (χ4n) is 1.76. The molecular weight excluding hydrogens is 242 g/mol. The number of rotatable bonds is 1. The smallest absolute Gasteiger partial charge is 0.160 e. The number of carbonyl (C=O) groups is 1. The molecule has 1 heterocycles. The highest BCUT2D eigenvalue weighted by atomic mass is 79.9. The first-order valence-corrected chi connectivity index (χ1v) is 5.55. The first-order chi connectivity index (χ1) is 6.68. The van der Waals surface area contributed by atoms with Crippen LogP contribution in [0.15, 0.2) is 16.6 Å². The number of hydrogen-bond donors (Lipinski definition) is 1. The largest absolute Gasteiger partial charge is 0.385 e. The standard InChI is InChI=1S/C11H12BrNO/c1-7(14)9-5-8-3-2-4-13-11(8)6-10(9)12/h5-6,13H,2-4H2,1H3. The second-order valence-electron chi connectivity index (χ2n) is 3.58. The Hall–Kier alpha value is -0.830. The fourth-order valence-corrected chi connectivity index (χ4v) is 2.38. The van der Waals surface area contributed by atoms with Crippen molar-refractivity contribution in [3.05, 3.63) is 27.7 Å². The summed E-state index contributed by atoms with van der Waals surface area (Å²) in [5.41, 5.74) is 3.20. The Balaban J connectivity index is 2.50. The second kappa shape index (κ2) is 3.73. The van der Waals surface area contributed by atoms with E-state index in [9.17, 15) is 4.79 Å². The third kappa shape index (κ3) is 1.69. The monoisotopic (exact) mass is 253 g/mol. The van der Waals surface area contributed by atoms with Crippen LogP contribution in [0.5, 0.6) is 0 Å². The number of nitrogens with one attached hydrogen (secondary N) is 1. The Bertz CT molecular complexity index is 387. The topological polar surface area (TPSA) is 29.1 Å². The number of fused-ring (bicyclic) bond motifs is 1. The molecule has 0 aromatic heterocycles. The van der Waals surface area contributed by atoms with Crippen LogP contribution in [0.2, 0.25) is 0 Å². The number of Topliss-reactive ketones (excluding diaryl/α,β-unsaturated/α-hetero) is 1. The molecule has 2 rings (SSSR count). The lowest BCUT2D eigenvalue weighted by molar-refractivity contribution is 0.101. The summed E-state index contributed by atoms with van der Waals surface area (Å²) >= 11 is 3.42. The number of benzene rings is 1. The highest BCUT2D eigenvalue weighted by Crippen LogP contribution is 2.29. The van der Waals surface area contributed by atoms with E-state index in [1.807, 2.05) is 12.1 Å². The molecule has 1 aromatic carbocycles. The van der Waals surface area contributed by atoms with Crippen molar-refractivity contribution in [3.63, 3.8) is 0 Å². The minimum atomic E-state index is 0.116. The van der Waals surface area contributed by atoms with Gasteiger partial charge in [0.15, 0.2) is 5.78 Å². The van der Waals surface area contributed by atoms with Gasteiger partial charge in [0.25, 0.3) is 0 Å². The van der Waals surface area contributed by atoms with Gasteiger partial charge in [0.1, 0.15) is 0 Å². The molecule has 1 aliphatic heterocycles. The minimum absolute atomic E-state index is 0.116. The molecule has 0 unspecified atom stereocenters.